The van der Waals surface area contributed by atoms with Crippen molar-refractivity contribution in [3.63, 3.8) is 0 Å². The molecule has 0 saturated carbocycles. The molecule has 1 amide bonds. The van der Waals surface area contributed by atoms with Crippen molar-refractivity contribution in [1.82, 2.24) is 10.2 Å². The molecule has 1 fully saturated rings. The highest BCUT2D eigenvalue weighted by molar-refractivity contribution is 6.05. The van der Waals surface area contributed by atoms with E-state index in [-0.39, 0.29) is 17.1 Å². The van der Waals surface area contributed by atoms with E-state index in [9.17, 15) is 9.59 Å². The Bertz CT molecular complexity index is 1290. The third-order valence-electron chi connectivity index (χ3n) is 7.87. The molecule has 1 atom stereocenters. The molecule has 0 radical (unpaired) electrons. The van der Waals surface area contributed by atoms with Crippen LogP contribution in [0.2, 0.25) is 0 Å². The van der Waals surface area contributed by atoms with Crippen LogP contribution in [0.3, 0.4) is 0 Å². The summed E-state index contributed by atoms with van der Waals surface area (Å²) in [6.45, 7) is 8.15. The first kappa shape index (κ1) is 26.1. The van der Waals surface area contributed by atoms with Crippen molar-refractivity contribution in [3.8, 4) is 11.5 Å². The van der Waals surface area contributed by atoms with Gasteiger partial charge in [0.25, 0.3) is 5.91 Å². The molecule has 6 heteroatoms. The SMILES string of the molecule is COc1cc(C2C(C(=O)N3CCCCC3)=C(C)NC3=C2C(=O)CC(C)(C)C3)ccc1OCc1ccccc1. The van der Waals surface area contributed by atoms with Crippen molar-refractivity contribution in [2.24, 2.45) is 5.41 Å². The summed E-state index contributed by atoms with van der Waals surface area (Å²) in [5.74, 6) is 0.899. The van der Waals surface area contributed by atoms with Crippen LogP contribution >= 0.6 is 0 Å². The van der Waals surface area contributed by atoms with Gasteiger partial charge >= 0.3 is 0 Å². The number of methoxy groups -OCH3 is 1. The number of Topliss-reactive ketones (excluding diaryl/α,β-unsaturated/α-hetero) is 1. The Kier molecular flexibility index (Phi) is 7.33. The minimum absolute atomic E-state index is 0.0206. The highest BCUT2D eigenvalue weighted by Crippen LogP contribution is 2.48. The number of ether oxygens (including phenoxy) is 2. The van der Waals surface area contributed by atoms with Crippen LogP contribution in [0.1, 0.15) is 69.9 Å². The predicted molar refractivity (Wildman–Crippen MR) is 148 cm³/mol. The van der Waals surface area contributed by atoms with Gasteiger partial charge in [0, 0.05) is 48.0 Å². The van der Waals surface area contributed by atoms with Crippen LogP contribution in [0.25, 0.3) is 0 Å². The summed E-state index contributed by atoms with van der Waals surface area (Å²) >= 11 is 0. The highest BCUT2D eigenvalue weighted by atomic mass is 16.5. The van der Waals surface area contributed by atoms with E-state index >= 15 is 0 Å². The zero-order valence-corrected chi connectivity index (χ0v) is 22.9. The van der Waals surface area contributed by atoms with Crippen LogP contribution in [0.15, 0.2) is 71.1 Å². The van der Waals surface area contributed by atoms with E-state index < -0.39 is 5.92 Å². The van der Waals surface area contributed by atoms with E-state index in [2.05, 4.69) is 19.2 Å². The van der Waals surface area contributed by atoms with E-state index in [1.807, 2.05) is 60.4 Å². The molecule has 1 N–H and O–H groups in total. The number of carbonyl (C=O) groups is 2. The summed E-state index contributed by atoms with van der Waals surface area (Å²) in [6.07, 6.45) is 4.40. The van der Waals surface area contributed by atoms with Gasteiger partial charge in [-0.15, -0.1) is 0 Å². The van der Waals surface area contributed by atoms with E-state index in [0.29, 0.717) is 30.1 Å². The first-order valence-electron chi connectivity index (χ1n) is 13.7. The van der Waals surface area contributed by atoms with Crippen molar-refractivity contribution < 1.29 is 19.1 Å². The van der Waals surface area contributed by atoms with Gasteiger partial charge in [0.05, 0.1) is 7.11 Å². The number of carbonyl (C=O) groups excluding carboxylic acids is 2. The van der Waals surface area contributed by atoms with Crippen LogP contribution in [0, 0.1) is 5.41 Å². The number of likely N-dealkylation sites (tertiary alicyclic amines) is 1. The number of allylic oxidation sites excluding steroid dienone is 3. The molecule has 1 unspecified atom stereocenters. The summed E-state index contributed by atoms with van der Waals surface area (Å²) in [7, 11) is 1.62. The van der Waals surface area contributed by atoms with Gasteiger partial charge in [-0.2, -0.15) is 0 Å². The van der Waals surface area contributed by atoms with E-state index in [1.54, 1.807) is 7.11 Å². The molecule has 3 aliphatic rings. The molecule has 38 heavy (non-hydrogen) atoms. The minimum Gasteiger partial charge on any atom is -0.493 e. The Hall–Kier alpha value is -3.54. The quantitative estimate of drug-likeness (QED) is 0.521. The van der Waals surface area contributed by atoms with Crippen molar-refractivity contribution >= 4 is 11.7 Å². The Morgan fingerprint density at radius 3 is 2.47 bits per heavy atom. The number of nitrogens with one attached hydrogen (secondary N) is 1. The maximum Gasteiger partial charge on any atom is 0.252 e. The second-order valence-corrected chi connectivity index (χ2v) is 11.5. The van der Waals surface area contributed by atoms with Gasteiger partial charge in [-0.1, -0.05) is 50.2 Å². The average molecular weight is 515 g/mol. The molecular weight excluding hydrogens is 476 g/mol. The fourth-order valence-electron chi connectivity index (χ4n) is 6.04. The largest absolute Gasteiger partial charge is 0.493 e. The van der Waals surface area contributed by atoms with Crippen molar-refractivity contribution in [1.29, 1.82) is 0 Å². The number of nitrogens with zero attached hydrogens (tertiary/aromatic N) is 1. The summed E-state index contributed by atoms with van der Waals surface area (Å²) in [6, 6.07) is 15.8. The summed E-state index contributed by atoms with van der Waals surface area (Å²) in [5.41, 5.74) is 4.96. The Morgan fingerprint density at radius 1 is 1.03 bits per heavy atom. The average Bonchev–Trinajstić information content (AvgIpc) is 2.91. The monoisotopic (exact) mass is 514 g/mol. The first-order valence-corrected chi connectivity index (χ1v) is 13.7. The lowest BCUT2D eigenvalue weighted by atomic mass is 9.68. The molecular formula is C32H38N2O4. The number of rotatable bonds is 6. The van der Waals surface area contributed by atoms with Gasteiger partial charge in [0.2, 0.25) is 0 Å². The first-order chi connectivity index (χ1) is 18.3. The van der Waals surface area contributed by atoms with Crippen molar-refractivity contribution in [3.05, 3.63) is 82.2 Å². The van der Waals surface area contributed by atoms with Gasteiger partial charge in [-0.05, 0) is 61.3 Å². The number of ketones is 1. The number of amides is 1. The Morgan fingerprint density at radius 2 is 1.76 bits per heavy atom. The molecule has 0 spiro atoms. The number of benzene rings is 2. The minimum atomic E-state index is -0.443. The van der Waals surface area contributed by atoms with Crippen LogP contribution in [0.5, 0.6) is 11.5 Å². The summed E-state index contributed by atoms with van der Waals surface area (Å²) < 4.78 is 11.8. The van der Waals surface area contributed by atoms with E-state index in [0.717, 1.165) is 66.9 Å². The fourth-order valence-corrected chi connectivity index (χ4v) is 6.04. The standard InChI is InChI=1S/C32H38N2O4/c1-21-28(31(36)34-15-9-6-10-16-34)29(30-24(33-21)18-32(2,3)19-25(30)35)23-13-14-26(27(17-23)37-4)38-20-22-11-7-5-8-12-22/h5,7-8,11-14,17,29,33H,6,9-10,15-16,18-20H2,1-4H3. The molecule has 2 heterocycles. The Labute approximate surface area is 225 Å². The molecule has 2 aliphatic heterocycles. The maximum atomic E-state index is 14.0. The lowest BCUT2D eigenvalue weighted by molar-refractivity contribution is -0.128. The van der Waals surface area contributed by atoms with Crippen LogP contribution in [0.4, 0.5) is 0 Å². The Balaban J connectivity index is 1.55. The van der Waals surface area contributed by atoms with Crippen LogP contribution in [-0.2, 0) is 16.2 Å². The van der Waals surface area contributed by atoms with Gasteiger partial charge in [-0.25, -0.2) is 0 Å². The predicted octanol–water partition coefficient (Wildman–Crippen LogP) is 5.89. The second-order valence-electron chi connectivity index (χ2n) is 11.5. The molecule has 1 saturated heterocycles. The number of dihydropyridines is 1. The van der Waals surface area contributed by atoms with E-state index in [1.165, 1.54) is 0 Å². The fraction of sp³-hybridized carbons (Fsp3) is 0.438. The van der Waals surface area contributed by atoms with Crippen LogP contribution < -0.4 is 14.8 Å². The van der Waals surface area contributed by atoms with Gasteiger partial charge in [-0.3, -0.25) is 9.59 Å². The normalized spacial score (nSPS) is 21.1. The van der Waals surface area contributed by atoms with Crippen LogP contribution in [-0.4, -0.2) is 36.8 Å². The summed E-state index contributed by atoms with van der Waals surface area (Å²) in [4.78, 5) is 29.6. The zero-order chi connectivity index (χ0) is 26.9. The molecule has 5 rings (SSSR count). The molecule has 0 aromatic heterocycles. The zero-order valence-electron chi connectivity index (χ0n) is 22.9. The topological polar surface area (TPSA) is 67.9 Å². The molecule has 0 bridgehead atoms. The smallest absolute Gasteiger partial charge is 0.252 e. The lowest BCUT2D eigenvalue weighted by Crippen LogP contribution is -2.43. The van der Waals surface area contributed by atoms with E-state index in [4.69, 9.17) is 9.47 Å². The van der Waals surface area contributed by atoms with Gasteiger partial charge in [0.1, 0.15) is 6.61 Å². The lowest BCUT2D eigenvalue weighted by Gasteiger charge is -2.41. The maximum absolute atomic E-state index is 14.0. The third kappa shape index (κ3) is 5.22. The molecule has 200 valence electrons. The van der Waals surface area contributed by atoms with Crippen molar-refractivity contribution in [2.45, 2.75) is 65.4 Å². The van der Waals surface area contributed by atoms with Crippen molar-refractivity contribution in [2.75, 3.05) is 20.2 Å². The number of piperidine rings is 1. The summed E-state index contributed by atoms with van der Waals surface area (Å²) in [5, 5.41) is 3.49. The molecule has 2 aromatic rings. The highest BCUT2D eigenvalue weighted by Gasteiger charge is 2.43. The molecule has 2 aromatic carbocycles. The number of hydrogen-bond acceptors (Lipinski definition) is 5. The second kappa shape index (κ2) is 10.7. The third-order valence-corrected chi connectivity index (χ3v) is 7.87. The number of hydrogen-bond donors (Lipinski definition) is 1. The molecule has 6 nitrogen and oxygen atoms in total. The van der Waals surface area contributed by atoms with Gasteiger partial charge in [0.15, 0.2) is 17.3 Å². The molecule has 1 aliphatic carbocycles. The van der Waals surface area contributed by atoms with Gasteiger partial charge < -0.3 is 19.7 Å².